The van der Waals surface area contributed by atoms with Gasteiger partial charge in [-0.25, -0.2) is 0 Å². The molecule has 0 atom stereocenters. The van der Waals surface area contributed by atoms with E-state index in [0.717, 1.165) is 33.7 Å². The van der Waals surface area contributed by atoms with Gasteiger partial charge in [-0.05, 0) is 33.2 Å². The van der Waals surface area contributed by atoms with E-state index in [1.807, 2.05) is 36.4 Å². The second-order valence-corrected chi connectivity index (χ2v) is 7.82. The van der Waals surface area contributed by atoms with Gasteiger partial charge in [0.05, 0.1) is 0 Å². The van der Waals surface area contributed by atoms with Crippen molar-refractivity contribution in [2.24, 2.45) is 0 Å². The summed E-state index contributed by atoms with van der Waals surface area (Å²) < 4.78 is 4.48. The van der Waals surface area contributed by atoms with Crippen molar-refractivity contribution in [3.63, 3.8) is 0 Å². The fourth-order valence-corrected chi connectivity index (χ4v) is 4.21. The third-order valence-electron chi connectivity index (χ3n) is 5.72. The largest absolute Gasteiger partial charge is 1.00 e. The van der Waals surface area contributed by atoms with Crippen LogP contribution in [-0.4, -0.2) is 19.1 Å². The molecular weight excluding hydrogens is 406 g/mol. The van der Waals surface area contributed by atoms with Crippen LogP contribution in [0.2, 0.25) is 0 Å². The fraction of sp³-hybridized carbons (Fsp3) is 0.0714. The maximum absolute atomic E-state index is 4.99. The Morgan fingerprint density at radius 1 is 0.529 bits per heavy atom. The van der Waals surface area contributed by atoms with Crippen LogP contribution in [0.1, 0.15) is 11.1 Å². The van der Waals surface area contributed by atoms with Gasteiger partial charge in [0.1, 0.15) is 0 Å². The van der Waals surface area contributed by atoms with Gasteiger partial charge in [-0.3, -0.25) is 9.97 Å². The molecule has 0 saturated carbocycles. The summed E-state index contributed by atoms with van der Waals surface area (Å²) in [5.41, 5.74) is 6.23. The standard InChI is InChI=1S/C28H20N4.2Li/c1-3-11-21(12-4-1)19-31-25-17-9-7-15-23(25)29-27(31)28-30-24-16-8-10-18-26(24)32(28)20-22-13-5-2-6-14-22;;/h1-14,17-18H,19-20H2;;/q-2;2*+1. The van der Waals surface area contributed by atoms with Gasteiger partial charge in [0.15, 0.2) is 11.6 Å². The molecule has 34 heavy (non-hydrogen) atoms. The molecule has 0 aliphatic rings. The van der Waals surface area contributed by atoms with E-state index >= 15 is 0 Å². The number of hydrogen-bond donors (Lipinski definition) is 0. The average Bonchev–Trinajstić information content (AvgIpc) is 3.39. The summed E-state index contributed by atoms with van der Waals surface area (Å²) in [7, 11) is 0. The van der Waals surface area contributed by atoms with Crippen LogP contribution >= 0.6 is 0 Å². The number of para-hydroxylation sites is 2. The van der Waals surface area contributed by atoms with Crippen molar-refractivity contribution < 1.29 is 37.7 Å². The summed E-state index contributed by atoms with van der Waals surface area (Å²) >= 11 is 0. The Bertz CT molecular complexity index is 1400. The third-order valence-corrected chi connectivity index (χ3v) is 5.72. The van der Waals surface area contributed by atoms with Crippen LogP contribution in [0.5, 0.6) is 0 Å². The second kappa shape index (κ2) is 10.5. The summed E-state index contributed by atoms with van der Waals surface area (Å²) in [6, 6.07) is 39.5. The van der Waals surface area contributed by atoms with Crippen molar-refractivity contribution in [2.75, 3.05) is 0 Å². The van der Waals surface area contributed by atoms with Crippen molar-refractivity contribution in [1.29, 1.82) is 0 Å². The van der Waals surface area contributed by atoms with Crippen LogP contribution < -0.4 is 37.7 Å². The molecule has 0 aliphatic heterocycles. The molecule has 0 aliphatic carbocycles. The molecule has 0 unspecified atom stereocenters. The average molecular weight is 426 g/mol. The molecule has 0 spiro atoms. The topological polar surface area (TPSA) is 35.6 Å². The second-order valence-electron chi connectivity index (χ2n) is 7.82. The van der Waals surface area contributed by atoms with Gasteiger partial charge in [-0.15, -0.1) is 12.1 Å². The van der Waals surface area contributed by atoms with Crippen LogP contribution in [0.15, 0.2) is 97.1 Å². The van der Waals surface area contributed by atoms with E-state index in [-0.39, 0.29) is 37.7 Å². The Balaban J connectivity index is 0.00000137. The summed E-state index contributed by atoms with van der Waals surface area (Å²) in [5.74, 6) is 1.68. The first-order valence-electron chi connectivity index (χ1n) is 10.7. The van der Waals surface area contributed by atoms with Crippen molar-refractivity contribution in [3.05, 3.63) is 120 Å². The molecule has 6 heteroatoms. The van der Waals surface area contributed by atoms with E-state index in [9.17, 15) is 0 Å². The summed E-state index contributed by atoms with van der Waals surface area (Å²) in [5, 5.41) is 0. The molecule has 0 N–H and O–H groups in total. The maximum atomic E-state index is 4.99. The van der Waals surface area contributed by atoms with Gasteiger partial charge >= 0.3 is 37.7 Å². The van der Waals surface area contributed by atoms with E-state index in [4.69, 9.17) is 9.97 Å². The Morgan fingerprint density at radius 3 is 1.35 bits per heavy atom. The molecule has 0 saturated heterocycles. The molecule has 0 bridgehead atoms. The minimum Gasteiger partial charge on any atom is -0.371 e. The summed E-state index contributed by atoms with van der Waals surface area (Å²) in [6.45, 7) is 1.42. The van der Waals surface area contributed by atoms with Crippen molar-refractivity contribution in [3.8, 4) is 11.6 Å². The molecule has 4 nitrogen and oxygen atoms in total. The first kappa shape index (κ1) is 24.1. The Morgan fingerprint density at radius 2 is 0.941 bits per heavy atom. The number of hydrogen-bond acceptors (Lipinski definition) is 2. The van der Waals surface area contributed by atoms with Crippen LogP contribution in [0.25, 0.3) is 33.7 Å². The van der Waals surface area contributed by atoms with Crippen LogP contribution in [0.3, 0.4) is 0 Å². The normalized spacial score (nSPS) is 10.7. The van der Waals surface area contributed by atoms with Crippen LogP contribution in [0, 0.1) is 12.1 Å². The molecule has 0 amide bonds. The predicted octanol–water partition coefficient (Wildman–Crippen LogP) is -0.242. The first-order valence-corrected chi connectivity index (χ1v) is 10.7. The van der Waals surface area contributed by atoms with E-state index < -0.39 is 0 Å². The Hall–Kier alpha value is -2.99. The number of rotatable bonds is 5. The molecule has 154 valence electrons. The van der Waals surface area contributed by atoms with Gasteiger partial charge in [0, 0.05) is 13.1 Å². The number of fused-ring (bicyclic) bond motifs is 2. The Labute approximate surface area is 223 Å². The van der Waals surface area contributed by atoms with Crippen molar-refractivity contribution in [2.45, 2.75) is 13.1 Å². The quantitative estimate of drug-likeness (QED) is 0.282. The van der Waals surface area contributed by atoms with Gasteiger partial charge in [0.25, 0.3) is 0 Å². The van der Waals surface area contributed by atoms with Gasteiger partial charge < -0.3 is 9.13 Å². The minimum absolute atomic E-state index is 0. The molecule has 0 fully saturated rings. The van der Waals surface area contributed by atoms with E-state index in [0.29, 0.717) is 13.1 Å². The Kier molecular flexibility index (Phi) is 7.47. The molecule has 2 heterocycles. The number of imidazole rings is 2. The van der Waals surface area contributed by atoms with Crippen molar-refractivity contribution >= 4 is 22.1 Å². The smallest absolute Gasteiger partial charge is 0.371 e. The summed E-state index contributed by atoms with van der Waals surface area (Å²) in [6.07, 6.45) is 0. The minimum atomic E-state index is 0. The van der Waals surface area contributed by atoms with Crippen LogP contribution in [-0.2, 0) is 13.1 Å². The zero-order valence-electron chi connectivity index (χ0n) is 19.4. The zero-order valence-corrected chi connectivity index (χ0v) is 19.4. The van der Waals surface area contributed by atoms with E-state index in [1.165, 1.54) is 11.1 Å². The molecule has 6 aromatic rings. The third kappa shape index (κ3) is 4.52. The molecule has 4 aromatic carbocycles. The van der Waals surface area contributed by atoms with Gasteiger partial charge in [0.2, 0.25) is 0 Å². The molecule has 2 aromatic heterocycles. The van der Waals surface area contributed by atoms with Gasteiger partial charge in [-0.2, -0.15) is 36.4 Å². The van der Waals surface area contributed by atoms with E-state index in [2.05, 4.69) is 81.9 Å². The van der Waals surface area contributed by atoms with Crippen molar-refractivity contribution in [1.82, 2.24) is 19.1 Å². The monoisotopic (exact) mass is 426 g/mol. The maximum Gasteiger partial charge on any atom is 1.00 e. The molecule has 0 radical (unpaired) electrons. The number of benzene rings is 4. The van der Waals surface area contributed by atoms with Gasteiger partial charge in [-0.1, -0.05) is 60.7 Å². The first-order chi connectivity index (χ1) is 15.9. The van der Waals surface area contributed by atoms with Crippen LogP contribution in [0.4, 0.5) is 0 Å². The molecule has 6 rings (SSSR count). The zero-order chi connectivity index (χ0) is 21.3. The fourth-order valence-electron chi connectivity index (χ4n) is 4.21. The van der Waals surface area contributed by atoms with E-state index in [1.54, 1.807) is 0 Å². The number of aromatic nitrogens is 4. The summed E-state index contributed by atoms with van der Waals surface area (Å²) in [4.78, 5) is 9.97. The number of nitrogens with zero attached hydrogens (tertiary/aromatic N) is 4. The SMILES string of the molecule is [Li+].[Li+].[c-]1cccc2c1nc(-c1nc3[c-]cccc3n1Cc1ccccc1)n2Cc1ccccc1. The predicted molar refractivity (Wildman–Crippen MR) is 127 cm³/mol. The molecular formula is C28H20Li2N4.